The van der Waals surface area contributed by atoms with E-state index < -0.39 is 9.84 Å². The standard InChI is InChI=1S/C17H21NO3S/c1-14-9-10-18(11-12-22(14,19)20)13-16-7-8-17(21-16)15-5-3-2-4-6-15/h2-8,14H,9-13H2,1H3/t14-/m1/s1. The molecule has 1 saturated heterocycles. The maximum atomic E-state index is 11.9. The third kappa shape index (κ3) is 3.42. The molecule has 0 unspecified atom stereocenters. The zero-order chi connectivity index (χ0) is 15.6. The van der Waals surface area contributed by atoms with Crippen LogP contribution in [0.15, 0.2) is 46.9 Å². The van der Waals surface area contributed by atoms with Gasteiger partial charge in [0.15, 0.2) is 9.84 Å². The van der Waals surface area contributed by atoms with E-state index in [1.807, 2.05) is 42.5 Å². The smallest absolute Gasteiger partial charge is 0.154 e. The second-order valence-electron chi connectivity index (χ2n) is 5.87. The first kappa shape index (κ1) is 15.3. The summed E-state index contributed by atoms with van der Waals surface area (Å²) in [5, 5.41) is -0.242. The van der Waals surface area contributed by atoms with Gasteiger partial charge < -0.3 is 4.42 Å². The first-order chi connectivity index (χ1) is 10.5. The highest BCUT2D eigenvalue weighted by molar-refractivity contribution is 7.92. The zero-order valence-corrected chi connectivity index (χ0v) is 13.6. The number of hydrogen-bond acceptors (Lipinski definition) is 4. The van der Waals surface area contributed by atoms with Crippen LogP contribution in [0.2, 0.25) is 0 Å². The summed E-state index contributed by atoms with van der Waals surface area (Å²) in [6, 6.07) is 13.9. The number of rotatable bonds is 3. The molecule has 0 radical (unpaired) electrons. The van der Waals surface area contributed by atoms with Crippen molar-refractivity contribution in [3.8, 4) is 11.3 Å². The lowest BCUT2D eigenvalue weighted by atomic mass is 10.2. The van der Waals surface area contributed by atoms with Crippen LogP contribution in [0, 0.1) is 0 Å². The zero-order valence-electron chi connectivity index (χ0n) is 12.7. The molecule has 1 aromatic heterocycles. The topological polar surface area (TPSA) is 50.5 Å². The number of nitrogens with zero attached hydrogens (tertiary/aromatic N) is 1. The van der Waals surface area contributed by atoms with Crippen molar-refractivity contribution in [2.45, 2.75) is 25.1 Å². The van der Waals surface area contributed by atoms with Crippen LogP contribution in [0.5, 0.6) is 0 Å². The normalized spacial score (nSPS) is 22.3. The fourth-order valence-electron chi connectivity index (χ4n) is 2.71. The molecule has 0 amide bonds. The van der Waals surface area contributed by atoms with E-state index in [0.29, 0.717) is 19.5 Å². The van der Waals surface area contributed by atoms with Crippen molar-refractivity contribution >= 4 is 9.84 Å². The van der Waals surface area contributed by atoms with E-state index in [1.165, 1.54) is 0 Å². The predicted octanol–water partition coefficient (Wildman–Crippen LogP) is 2.96. The summed E-state index contributed by atoms with van der Waals surface area (Å²) in [5.41, 5.74) is 1.06. The first-order valence-electron chi connectivity index (χ1n) is 7.63. The third-order valence-electron chi connectivity index (χ3n) is 4.26. The van der Waals surface area contributed by atoms with Gasteiger partial charge >= 0.3 is 0 Å². The summed E-state index contributed by atoms with van der Waals surface area (Å²) >= 11 is 0. The van der Waals surface area contributed by atoms with Crippen molar-refractivity contribution in [3.05, 3.63) is 48.2 Å². The molecule has 3 rings (SSSR count). The molecule has 5 heteroatoms. The van der Waals surface area contributed by atoms with E-state index in [1.54, 1.807) is 6.92 Å². The van der Waals surface area contributed by atoms with Crippen molar-refractivity contribution in [3.63, 3.8) is 0 Å². The Morgan fingerprint density at radius 1 is 1.14 bits per heavy atom. The predicted molar refractivity (Wildman–Crippen MR) is 87.3 cm³/mol. The second kappa shape index (κ2) is 6.26. The van der Waals surface area contributed by atoms with Crippen molar-refractivity contribution in [2.24, 2.45) is 0 Å². The number of sulfone groups is 1. The Hall–Kier alpha value is -1.59. The average molecular weight is 319 g/mol. The summed E-state index contributed by atoms with van der Waals surface area (Å²) < 4.78 is 29.8. The Morgan fingerprint density at radius 2 is 1.91 bits per heavy atom. The van der Waals surface area contributed by atoms with E-state index in [9.17, 15) is 8.42 Å². The molecule has 1 atom stereocenters. The van der Waals surface area contributed by atoms with Gasteiger partial charge in [-0.05, 0) is 32.0 Å². The molecule has 2 aromatic rings. The van der Waals surface area contributed by atoms with Crippen molar-refractivity contribution in [1.29, 1.82) is 0 Å². The highest BCUT2D eigenvalue weighted by atomic mass is 32.2. The van der Waals surface area contributed by atoms with E-state index in [0.717, 1.165) is 23.6 Å². The minimum absolute atomic E-state index is 0.237. The van der Waals surface area contributed by atoms with Gasteiger partial charge in [-0.15, -0.1) is 0 Å². The van der Waals surface area contributed by atoms with E-state index >= 15 is 0 Å². The highest BCUT2D eigenvalue weighted by Crippen LogP contribution is 2.23. The van der Waals surface area contributed by atoms with Gasteiger partial charge in [0, 0.05) is 12.1 Å². The lowest BCUT2D eigenvalue weighted by Gasteiger charge is -2.17. The van der Waals surface area contributed by atoms with E-state index in [-0.39, 0.29) is 11.0 Å². The van der Waals surface area contributed by atoms with E-state index in [4.69, 9.17) is 4.42 Å². The molecule has 118 valence electrons. The number of benzene rings is 1. The molecule has 1 aliphatic heterocycles. The van der Waals surface area contributed by atoms with Crippen LogP contribution in [-0.2, 0) is 16.4 Å². The maximum Gasteiger partial charge on any atom is 0.154 e. The van der Waals surface area contributed by atoms with Gasteiger partial charge in [-0.1, -0.05) is 30.3 Å². The molecule has 0 saturated carbocycles. The van der Waals surface area contributed by atoms with Crippen LogP contribution in [0.25, 0.3) is 11.3 Å². The van der Waals surface area contributed by atoms with Crippen LogP contribution in [0.1, 0.15) is 19.1 Å². The van der Waals surface area contributed by atoms with E-state index in [2.05, 4.69) is 4.90 Å². The lowest BCUT2D eigenvalue weighted by Crippen LogP contribution is -2.26. The monoisotopic (exact) mass is 319 g/mol. The van der Waals surface area contributed by atoms with Gasteiger partial charge in [0.25, 0.3) is 0 Å². The van der Waals surface area contributed by atoms with Gasteiger partial charge in [-0.3, -0.25) is 4.90 Å². The van der Waals surface area contributed by atoms with Gasteiger partial charge in [-0.25, -0.2) is 8.42 Å². The molecule has 0 spiro atoms. The van der Waals surface area contributed by atoms with Crippen molar-refractivity contribution in [2.75, 3.05) is 18.8 Å². The Kier molecular flexibility index (Phi) is 4.36. The van der Waals surface area contributed by atoms with Gasteiger partial charge in [0.05, 0.1) is 17.5 Å². The molecule has 4 nitrogen and oxygen atoms in total. The molecule has 0 N–H and O–H groups in total. The first-order valence-corrected chi connectivity index (χ1v) is 9.34. The van der Waals surface area contributed by atoms with Crippen molar-refractivity contribution in [1.82, 2.24) is 4.90 Å². The van der Waals surface area contributed by atoms with Crippen LogP contribution < -0.4 is 0 Å². The summed E-state index contributed by atoms with van der Waals surface area (Å²) in [6.07, 6.45) is 0.689. The SMILES string of the molecule is C[C@@H]1CCN(Cc2ccc(-c3ccccc3)o2)CCS1(=O)=O. The highest BCUT2D eigenvalue weighted by Gasteiger charge is 2.26. The summed E-state index contributed by atoms with van der Waals surface area (Å²) in [7, 11) is -2.93. The average Bonchev–Trinajstić information content (AvgIpc) is 2.94. The quantitative estimate of drug-likeness (QED) is 0.873. The summed E-state index contributed by atoms with van der Waals surface area (Å²) in [5.74, 6) is 1.97. The fraction of sp³-hybridized carbons (Fsp3) is 0.412. The third-order valence-corrected chi connectivity index (χ3v) is 6.47. The molecule has 1 aromatic carbocycles. The largest absolute Gasteiger partial charge is 0.460 e. The molecule has 0 bridgehead atoms. The molecular weight excluding hydrogens is 298 g/mol. The second-order valence-corrected chi connectivity index (χ2v) is 8.41. The fourth-order valence-corrected chi connectivity index (χ4v) is 4.09. The molecule has 22 heavy (non-hydrogen) atoms. The van der Waals surface area contributed by atoms with Crippen LogP contribution in [0.4, 0.5) is 0 Å². The Balaban J connectivity index is 1.68. The minimum Gasteiger partial charge on any atom is -0.460 e. The van der Waals surface area contributed by atoms with Crippen LogP contribution in [0.3, 0.4) is 0 Å². The Bertz CT molecular complexity index is 721. The maximum absolute atomic E-state index is 11.9. The summed E-state index contributed by atoms with van der Waals surface area (Å²) in [6.45, 7) is 3.84. The lowest BCUT2D eigenvalue weighted by molar-refractivity contribution is 0.260. The van der Waals surface area contributed by atoms with Crippen molar-refractivity contribution < 1.29 is 12.8 Å². The van der Waals surface area contributed by atoms with Crippen LogP contribution in [-0.4, -0.2) is 37.4 Å². The summed E-state index contributed by atoms with van der Waals surface area (Å²) in [4.78, 5) is 2.16. The van der Waals surface area contributed by atoms with Crippen LogP contribution >= 0.6 is 0 Å². The number of furan rings is 1. The Morgan fingerprint density at radius 3 is 2.68 bits per heavy atom. The number of hydrogen-bond donors (Lipinski definition) is 0. The van der Waals surface area contributed by atoms with Gasteiger partial charge in [0.2, 0.25) is 0 Å². The molecule has 0 aliphatic carbocycles. The van der Waals surface area contributed by atoms with Gasteiger partial charge in [-0.2, -0.15) is 0 Å². The molecular formula is C17H21NO3S. The molecule has 1 fully saturated rings. The minimum atomic E-state index is -2.93. The molecule has 2 heterocycles. The molecule has 1 aliphatic rings. The Labute approximate surface area is 131 Å². The van der Waals surface area contributed by atoms with Gasteiger partial charge in [0.1, 0.15) is 11.5 Å².